The summed E-state index contributed by atoms with van der Waals surface area (Å²) < 4.78 is 0. The molecule has 1 atom stereocenters. The number of aliphatic hydroxyl groups excluding tert-OH is 1. The molecule has 2 aromatic rings. The van der Waals surface area contributed by atoms with E-state index in [0.717, 1.165) is 24.9 Å². The lowest BCUT2D eigenvalue weighted by Crippen LogP contribution is -2.26. The Morgan fingerprint density at radius 3 is 2.20 bits per heavy atom. The molecule has 0 aliphatic carbocycles. The van der Waals surface area contributed by atoms with E-state index in [9.17, 15) is 5.11 Å². The third kappa shape index (κ3) is 4.80. The van der Waals surface area contributed by atoms with Gasteiger partial charge < -0.3 is 10.0 Å². The molecule has 20 heavy (non-hydrogen) atoms. The molecule has 0 aliphatic rings. The van der Waals surface area contributed by atoms with Crippen LogP contribution in [0.15, 0.2) is 60.7 Å². The largest absolute Gasteiger partial charge is 0.387 e. The molecule has 106 valence electrons. The van der Waals surface area contributed by atoms with Crippen LogP contribution in [0.4, 0.5) is 0 Å². The van der Waals surface area contributed by atoms with E-state index in [4.69, 9.17) is 0 Å². The molecule has 0 saturated carbocycles. The number of nitrogens with zero attached hydrogens (tertiary/aromatic N) is 1. The normalized spacial score (nSPS) is 12.6. The Hall–Kier alpha value is -1.64. The van der Waals surface area contributed by atoms with E-state index in [1.807, 2.05) is 36.4 Å². The molecular weight excluding hydrogens is 246 g/mol. The smallest absolute Gasteiger partial charge is 0.0916 e. The Labute approximate surface area is 121 Å². The van der Waals surface area contributed by atoms with Gasteiger partial charge >= 0.3 is 0 Å². The number of hydrogen-bond acceptors (Lipinski definition) is 2. The highest BCUT2D eigenvalue weighted by molar-refractivity contribution is 5.17. The van der Waals surface area contributed by atoms with Crippen molar-refractivity contribution in [2.24, 2.45) is 0 Å². The van der Waals surface area contributed by atoms with Crippen LogP contribution in [0.5, 0.6) is 0 Å². The SMILES string of the molecule is CN(CCCc1ccccc1)C[C@H](O)c1ccccc1. The zero-order chi connectivity index (χ0) is 14.2. The van der Waals surface area contributed by atoms with Crippen molar-refractivity contribution in [3.05, 3.63) is 71.8 Å². The van der Waals surface area contributed by atoms with Gasteiger partial charge in [0, 0.05) is 6.54 Å². The van der Waals surface area contributed by atoms with Gasteiger partial charge in [-0.3, -0.25) is 0 Å². The molecule has 0 fully saturated rings. The number of benzene rings is 2. The quantitative estimate of drug-likeness (QED) is 0.834. The van der Waals surface area contributed by atoms with Crippen LogP contribution in [-0.4, -0.2) is 30.1 Å². The lowest BCUT2D eigenvalue weighted by molar-refractivity contribution is 0.126. The average Bonchev–Trinajstić information content (AvgIpc) is 2.49. The number of likely N-dealkylation sites (N-methyl/N-ethyl adjacent to an activating group) is 1. The fraction of sp³-hybridized carbons (Fsp3) is 0.333. The maximum atomic E-state index is 10.2. The van der Waals surface area contributed by atoms with E-state index >= 15 is 0 Å². The Balaban J connectivity index is 1.71. The first-order valence-electron chi connectivity index (χ1n) is 7.21. The lowest BCUT2D eigenvalue weighted by Gasteiger charge is -2.20. The number of aryl methyl sites for hydroxylation is 1. The van der Waals surface area contributed by atoms with Crippen LogP contribution in [0.1, 0.15) is 23.7 Å². The van der Waals surface area contributed by atoms with Gasteiger partial charge in [0.15, 0.2) is 0 Å². The van der Waals surface area contributed by atoms with E-state index in [1.165, 1.54) is 5.56 Å². The summed E-state index contributed by atoms with van der Waals surface area (Å²) in [7, 11) is 2.07. The van der Waals surface area contributed by atoms with Crippen molar-refractivity contribution >= 4 is 0 Å². The molecule has 2 heteroatoms. The third-order valence-electron chi connectivity index (χ3n) is 3.52. The second-order valence-electron chi connectivity index (χ2n) is 5.28. The number of rotatable bonds is 7. The Kier molecular flexibility index (Phi) is 5.78. The van der Waals surface area contributed by atoms with Crippen LogP contribution in [0.2, 0.25) is 0 Å². The average molecular weight is 269 g/mol. The molecule has 0 unspecified atom stereocenters. The van der Waals surface area contributed by atoms with Gasteiger partial charge in [0.25, 0.3) is 0 Å². The minimum Gasteiger partial charge on any atom is -0.387 e. The first-order chi connectivity index (χ1) is 9.75. The zero-order valence-electron chi connectivity index (χ0n) is 12.1. The summed E-state index contributed by atoms with van der Waals surface area (Å²) in [4.78, 5) is 2.20. The lowest BCUT2D eigenvalue weighted by atomic mass is 10.1. The fourth-order valence-corrected chi connectivity index (χ4v) is 2.36. The second kappa shape index (κ2) is 7.83. The van der Waals surface area contributed by atoms with Crippen LogP contribution < -0.4 is 0 Å². The first kappa shape index (κ1) is 14.8. The molecule has 2 rings (SSSR count). The maximum absolute atomic E-state index is 10.2. The van der Waals surface area contributed by atoms with E-state index in [2.05, 4.69) is 36.2 Å². The minimum atomic E-state index is -0.405. The van der Waals surface area contributed by atoms with Crippen LogP contribution in [0, 0.1) is 0 Å². The molecule has 0 spiro atoms. The topological polar surface area (TPSA) is 23.5 Å². The molecule has 1 N–H and O–H groups in total. The number of hydrogen-bond donors (Lipinski definition) is 1. The summed E-state index contributed by atoms with van der Waals surface area (Å²) in [5.41, 5.74) is 2.37. The van der Waals surface area contributed by atoms with Crippen molar-refractivity contribution in [1.29, 1.82) is 0 Å². The van der Waals surface area contributed by atoms with Crippen LogP contribution in [0.3, 0.4) is 0 Å². The van der Waals surface area contributed by atoms with Gasteiger partial charge in [0.1, 0.15) is 0 Å². The van der Waals surface area contributed by atoms with Gasteiger partial charge in [0.05, 0.1) is 6.10 Å². The molecule has 0 heterocycles. The monoisotopic (exact) mass is 269 g/mol. The van der Waals surface area contributed by atoms with E-state index < -0.39 is 6.10 Å². The van der Waals surface area contributed by atoms with Crippen molar-refractivity contribution in [1.82, 2.24) is 4.90 Å². The van der Waals surface area contributed by atoms with Gasteiger partial charge in [0.2, 0.25) is 0 Å². The first-order valence-corrected chi connectivity index (χ1v) is 7.21. The van der Waals surface area contributed by atoms with Gasteiger partial charge in [-0.15, -0.1) is 0 Å². The Bertz CT molecular complexity index is 483. The van der Waals surface area contributed by atoms with E-state index in [0.29, 0.717) is 6.54 Å². The molecular formula is C18H23NO. The summed E-state index contributed by atoms with van der Waals surface area (Å²) in [6.07, 6.45) is 1.80. The Morgan fingerprint density at radius 2 is 1.55 bits per heavy atom. The second-order valence-corrected chi connectivity index (χ2v) is 5.28. The van der Waals surface area contributed by atoms with Gasteiger partial charge in [-0.05, 0) is 37.6 Å². The van der Waals surface area contributed by atoms with Crippen molar-refractivity contribution in [3.63, 3.8) is 0 Å². The van der Waals surface area contributed by atoms with Gasteiger partial charge in [-0.25, -0.2) is 0 Å². The van der Waals surface area contributed by atoms with Crippen LogP contribution in [0.25, 0.3) is 0 Å². The van der Waals surface area contributed by atoms with E-state index in [-0.39, 0.29) is 0 Å². The predicted octanol–water partition coefficient (Wildman–Crippen LogP) is 3.28. The molecule has 2 aromatic carbocycles. The number of aliphatic hydroxyl groups is 1. The molecule has 0 radical (unpaired) electrons. The predicted molar refractivity (Wildman–Crippen MR) is 83.7 cm³/mol. The van der Waals surface area contributed by atoms with Gasteiger partial charge in [-0.2, -0.15) is 0 Å². The molecule has 2 nitrogen and oxygen atoms in total. The fourth-order valence-electron chi connectivity index (χ4n) is 2.36. The molecule has 0 amide bonds. The highest BCUT2D eigenvalue weighted by Gasteiger charge is 2.09. The Morgan fingerprint density at radius 1 is 0.950 bits per heavy atom. The van der Waals surface area contributed by atoms with Gasteiger partial charge in [-0.1, -0.05) is 60.7 Å². The van der Waals surface area contributed by atoms with Crippen LogP contribution >= 0.6 is 0 Å². The zero-order valence-corrected chi connectivity index (χ0v) is 12.1. The summed E-state index contributed by atoms with van der Waals surface area (Å²) in [5.74, 6) is 0. The van der Waals surface area contributed by atoms with Crippen LogP contribution in [-0.2, 0) is 6.42 Å². The third-order valence-corrected chi connectivity index (χ3v) is 3.52. The standard InChI is InChI=1S/C18H23NO/c1-19(14-8-11-16-9-4-2-5-10-16)15-18(20)17-12-6-3-7-13-17/h2-7,9-10,12-13,18,20H,8,11,14-15H2,1H3/t18-/m0/s1. The molecule has 0 saturated heterocycles. The molecule has 0 aliphatic heterocycles. The summed E-state index contributed by atoms with van der Waals surface area (Å²) in [6, 6.07) is 20.4. The maximum Gasteiger partial charge on any atom is 0.0916 e. The van der Waals surface area contributed by atoms with Crippen molar-refractivity contribution < 1.29 is 5.11 Å². The summed E-state index contributed by atoms with van der Waals surface area (Å²) >= 11 is 0. The van der Waals surface area contributed by atoms with Crippen molar-refractivity contribution in [2.45, 2.75) is 18.9 Å². The highest BCUT2D eigenvalue weighted by atomic mass is 16.3. The minimum absolute atomic E-state index is 0.405. The van der Waals surface area contributed by atoms with Crippen molar-refractivity contribution in [3.8, 4) is 0 Å². The molecule has 0 bridgehead atoms. The summed E-state index contributed by atoms with van der Waals surface area (Å²) in [5, 5.41) is 10.2. The highest BCUT2D eigenvalue weighted by Crippen LogP contribution is 2.13. The summed E-state index contributed by atoms with van der Waals surface area (Å²) in [6.45, 7) is 1.68. The molecule has 0 aromatic heterocycles. The van der Waals surface area contributed by atoms with E-state index in [1.54, 1.807) is 0 Å². The van der Waals surface area contributed by atoms with Crippen molar-refractivity contribution in [2.75, 3.05) is 20.1 Å².